The van der Waals surface area contributed by atoms with Crippen LogP contribution < -0.4 is 11.1 Å². The quantitative estimate of drug-likeness (QED) is 0.836. The number of nitrogens with zero attached hydrogens (tertiary/aromatic N) is 2. The first kappa shape index (κ1) is 12.4. The molecule has 0 atom stereocenters. The highest BCUT2D eigenvalue weighted by atomic mass is 35.5. The number of hydrogen-bond donors (Lipinski definition) is 2. The Kier molecular flexibility index (Phi) is 3.53. The molecule has 2 rings (SSSR count). The van der Waals surface area contributed by atoms with Gasteiger partial charge in [-0.1, -0.05) is 11.6 Å². The summed E-state index contributed by atoms with van der Waals surface area (Å²) in [5, 5.41) is 7.16. The van der Waals surface area contributed by atoms with E-state index in [9.17, 15) is 4.79 Å². The Morgan fingerprint density at radius 2 is 2.28 bits per heavy atom. The standard InChI is InChI=1S/C12H13ClN4O/c1-2-17-6-5-11(16-17)15-12(18)9-4-3-8(14)7-10(9)13/h3-7H,2,14H2,1H3,(H,15,16,18). The summed E-state index contributed by atoms with van der Waals surface area (Å²) in [7, 11) is 0. The molecule has 1 aromatic heterocycles. The number of carbonyl (C=O) groups is 1. The smallest absolute Gasteiger partial charge is 0.258 e. The molecule has 3 N–H and O–H groups in total. The van der Waals surface area contributed by atoms with E-state index in [0.717, 1.165) is 6.54 Å². The average Bonchev–Trinajstić information content (AvgIpc) is 2.76. The molecule has 18 heavy (non-hydrogen) atoms. The lowest BCUT2D eigenvalue weighted by atomic mass is 10.2. The van der Waals surface area contributed by atoms with Crippen LogP contribution in [-0.4, -0.2) is 15.7 Å². The maximum atomic E-state index is 12.0. The van der Waals surface area contributed by atoms with Crippen molar-refractivity contribution in [2.45, 2.75) is 13.5 Å². The highest BCUT2D eigenvalue weighted by Gasteiger charge is 2.11. The summed E-state index contributed by atoms with van der Waals surface area (Å²) in [5.74, 6) is 0.191. The minimum absolute atomic E-state index is 0.304. The minimum atomic E-state index is -0.304. The number of nitrogens with one attached hydrogen (secondary N) is 1. The first-order valence-electron chi connectivity index (χ1n) is 5.50. The average molecular weight is 265 g/mol. The molecule has 0 aliphatic rings. The van der Waals surface area contributed by atoms with E-state index in [0.29, 0.717) is 22.1 Å². The lowest BCUT2D eigenvalue weighted by Gasteiger charge is -2.05. The van der Waals surface area contributed by atoms with Gasteiger partial charge in [0.15, 0.2) is 5.82 Å². The summed E-state index contributed by atoms with van der Waals surface area (Å²) in [6, 6.07) is 6.49. The van der Waals surface area contributed by atoms with Gasteiger partial charge in [0.1, 0.15) is 0 Å². The van der Waals surface area contributed by atoms with Gasteiger partial charge in [-0.3, -0.25) is 9.48 Å². The molecule has 2 aromatic rings. The Hall–Kier alpha value is -2.01. The van der Waals surface area contributed by atoms with E-state index in [1.54, 1.807) is 35.1 Å². The van der Waals surface area contributed by atoms with Gasteiger partial charge in [-0.2, -0.15) is 5.10 Å². The van der Waals surface area contributed by atoms with Crippen LogP contribution in [0.25, 0.3) is 0 Å². The second-order valence-corrected chi connectivity index (χ2v) is 4.16. The van der Waals surface area contributed by atoms with Crippen molar-refractivity contribution in [2.75, 3.05) is 11.1 Å². The lowest BCUT2D eigenvalue weighted by molar-refractivity contribution is 0.102. The number of halogens is 1. The number of aryl methyl sites for hydroxylation is 1. The van der Waals surface area contributed by atoms with Crippen LogP contribution in [0.1, 0.15) is 17.3 Å². The van der Waals surface area contributed by atoms with Gasteiger partial charge in [-0.25, -0.2) is 0 Å². The van der Waals surface area contributed by atoms with Crippen LogP contribution in [-0.2, 0) is 6.54 Å². The molecule has 0 saturated carbocycles. The van der Waals surface area contributed by atoms with Crippen LogP contribution >= 0.6 is 11.6 Å². The van der Waals surface area contributed by atoms with E-state index < -0.39 is 0 Å². The topological polar surface area (TPSA) is 72.9 Å². The predicted molar refractivity (Wildman–Crippen MR) is 71.7 cm³/mol. The normalized spacial score (nSPS) is 10.3. The molecule has 0 bridgehead atoms. The summed E-state index contributed by atoms with van der Waals surface area (Å²) in [6.45, 7) is 2.72. The summed E-state index contributed by atoms with van der Waals surface area (Å²) < 4.78 is 1.72. The number of hydrogen-bond acceptors (Lipinski definition) is 3. The number of anilines is 2. The van der Waals surface area contributed by atoms with Gasteiger partial charge >= 0.3 is 0 Å². The van der Waals surface area contributed by atoms with Crippen molar-refractivity contribution in [1.82, 2.24) is 9.78 Å². The number of carbonyl (C=O) groups excluding carboxylic acids is 1. The van der Waals surface area contributed by atoms with Crippen molar-refractivity contribution in [3.63, 3.8) is 0 Å². The van der Waals surface area contributed by atoms with Crippen LogP contribution in [0.3, 0.4) is 0 Å². The maximum Gasteiger partial charge on any atom is 0.258 e. The van der Waals surface area contributed by atoms with Gasteiger partial charge in [0, 0.05) is 24.5 Å². The number of rotatable bonds is 3. The van der Waals surface area contributed by atoms with Crippen LogP contribution in [0.4, 0.5) is 11.5 Å². The van der Waals surface area contributed by atoms with Gasteiger partial charge in [0.2, 0.25) is 0 Å². The van der Waals surface area contributed by atoms with Crippen LogP contribution in [0.15, 0.2) is 30.5 Å². The van der Waals surface area contributed by atoms with E-state index in [2.05, 4.69) is 10.4 Å². The Bertz CT molecular complexity index is 579. The first-order chi connectivity index (χ1) is 8.60. The molecule has 0 fully saturated rings. The van der Waals surface area contributed by atoms with Crippen molar-refractivity contribution in [2.24, 2.45) is 0 Å². The van der Waals surface area contributed by atoms with Gasteiger partial charge in [-0.15, -0.1) is 0 Å². The molecular weight excluding hydrogens is 252 g/mol. The van der Waals surface area contributed by atoms with E-state index in [4.69, 9.17) is 17.3 Å². The zero-order valence-corrected chi connectivity index (χ0v) is 10.6. The minimum Gasteiger partial charge on any atom is -0.399 e. The molecule has 0 aliphatic heterocycles. The Balaban J connectivity index is 2.16. The number of nitrogen functional groups attached to an aromatic ring is 1. The second-order valence-electron chi connectivity index (χ2n) is 3.75. The van der Waals surface area contributed by atoms with E-state index in [-0.39, 0.29) is 5.91 Å². The first-order valence-corrected chi connectivity index (χ1v) is 5.87. The molecular formula is C12H13ClN4O. The van der Waals surface area contributed by atoms with Crippen LogP contribution in [0.5, 0.6) is 0 Å². The molecule has 0 radical (unpaired) electrons. The van der Waals surface area contributed by atoms with Crippen molar-refractivity contribution in [1.29, 1.82) is 0 Å². The largest absolute Gasteiger partial charge is 0.399 e. The fourth-order valence-electron chi connectivity index (χ4n) is 1.50. The zero-order chi connectivity index (χ0) is 13.1. The Morgan fingerprint density at radius 1 is 1.50 bits per heavy atom. The van der Waals surface area contributed by atoms with E-state index in [1.807, 2.05) is 6.92 Å². The van der Waals surface area contributed by atoms with E-state index in [1.165, 1.54) is 0 Å². The highest BCUT2D eigenvalue weighted by molar-refractivity contribution is 6.34. The van der Waals surface area contributed by atoms with Crippen molar-refractivity contribution in [3.05, 3.63) is 41.0 Å². The van der Waals surface area contributed by atoms with Crippen LogP contribution in [0.2, 0.25) is 5.02 Å². The van der Waals surface area contributed by atoms with Crippen molar-refractivity contribution < 1.29 is 4.79 Å². The van der Waals surface area contributed by atoms with Gasteiger partial charge in [0.25, 0.3) is 5.91 Å². The monoisotopic (exact) mass is 264 g/mol. The van der Waals surface area contributed by atoms with Gasteiger partial charge in [-0.05, 0) is 25.1 Å². The highest BCUT2D eigenvalue weighted by Crippen LogP contribution is 2.20. The second kappa shape index (κ2) is 5.10. The number of aromatic nitrogens is 2. The zero-order valence-electron chi connectivity index (χ0n) is 9.85. The molecule has 0 spiro atoms. The molecule has 0 aliphatic carbocycles. The third-order valence-corrected chi connectivity index (χ3v) is 2.76. The molecule has 5 nitrogen and oxygen atoms in total. The fraction of sp³-hybridized carbons (Fsp3) is 0.167. The van der Waals surface area contributed by atoms with Gasteiger partial charge < -0.3 is 11.1 Å². The summed E-state index contributed by atoms with van der Waals surface area (Å²) in [6.07, 6.45) is 1.79. The summed E-state index contributed by atoms with van der Waals surface area (Å²) >= 11 is 5.96. The third kappa shape index (κ3) is 2.62. The molecule has 6 heteroatoms. The molecule has 0 saturated heterocycles. The van der Waals surface area contributed by atoms with Crippen molar-refractivity contribution >= 4 is 29.0 Å². The molecule has 1 heterocycles. The summed E-state index contributed by atoms with van der Waals surface area (Å²) in [4.78, 5) is 12.0. The maximum absolute atomic E-state index is 12.0. The molecule has 1 aromatic carbocycles. The SMILES string of the molecule is CCn1ccc(NC(=O)c2ccc(N)cc2Cl)n1. The predicted octanol–water partition coefficient (Wildman–Crippen LogP) is 2.39. The molecule has 1 amide bonds. The van der Waals surface area contributed by atoms with Crippen LogP contribution in [0, 0.1) is 0 Å². The lowest BCUT2D eigenvalue weighted by Crippen LogP contribution is -2.13. The number of nitrogens with two attached hydrogens (primary N) is 1. The third-order valence-electron chi connectivity index (χ3n) is 2.44. The van der Waals surface area contributed by atoms with Crippen molar-refractivity contribution in [3.8, 4) is 0 Å². The molecule has 0 unspecified atom stereocenters. The Labute approximate surface area is 110 Å². The Morgan fingerprint density at radius 3 is 2.89 bits per heavy atom. The van der Waals surface area contributed by atoms with E-state index >= 15 is 0 Å². The number of benzene rings is 1. The fourth-order valence-corrected chi connectivity index (χ4v) is 1.78. The number of amides is 1. The molecule has 94 valence electrons. The summed E-state index contributed by atoms with van der Waals surface area (Å²) in [5.41, 5.74) is 6.46. The van der Waals surface area contributed by atoms with Gasteiger partial charge in [0.05, 0.1) is 10.6 Å².